The van der Waals surface area contributed by atoms with E-state index < -0.39 is 18.1 Å². The number of nitrogens with zero attached hydrogens (tertiary/aromatic N) is 1. The van der Waals surface area contributed by atoms with Crippen LogP contribution >= 0.6 is 0 Å². The molecule has 0 radical (unpaired) electrons. The van der Waals surface area contributed by atoms with Crippen LogP contribution in [0.1, 0.15) is 35.6 Å². The average Bonchev–Trinajstić information content (AvgIpc) is 2.65. The van der Waals surface area contributed by atoms with Gasteiger partial charge in [0.05, 0.1) is 5.92 Å². The molecule has 0 spiro atoms. The zero-order chi connectivity index (χ0) is 20.3. The lowest BCUT2D eigenvalue weighted by Crippen LogP contribution is -2.46. The Morgan fingerprint density at radius 3 is 2.54 bits per heavy atom. The maximum atomic E-state index is 13.3. The summed E-state index contributed by atoms with van der Waals surface area (Å²) in [6, 6.07) is 14.0. The predicted octanol–water partition coefficient (Wildman–Crippen LogP) is 5.26. The minimum Gasteiger partial charge on any atom is -0.324 e. The van der Waals surface area contributed by atoms with Crippen LogP contribution in [0.4, 0.5) is 18.9 Å². The van der Waals surface area contributed by atoms with Crippen molar-refractivity contribution in [2.45, 2.75) is 38.9 Å². The summed E-state index contributed by atoms with van der Waals surface area (Å²) in [6.07, 6.45) is -3.71. The number of carbonyl (C=O) groups is 1. The molecule has 0 bridgehead atoms. The molecule has 1 aliphatic heterocycles. The standard InChI is InChI=1S/C22H25F3N2O/c1-15-10-11-16(2)19(13-15)26-21(28)20(17-7-4-3-5-8-17)27-12-6-9-18(14-27)22(23,24)25/h3-5,7-8,10-11,13,18,20H,6,9,12,14H2,1-2H3,(H,26,28). The summed E-state index contributed by atoms with van der Waals surface area (Å²) in [5.74, 6) is -1.70. The predicted molar refractivity (Wildman–Crippen MR) is 104 cm³/mol. The Balaban J connectivity index is 1.89. The Hall–Kier alpha value is -2.34. The number of aryl methyl sites for hydroxylation is 2. The van der Waals surface area contributed by atoms with Crippen LogP contribution in [0.15, 0.2) is 48.5 Å². The minimum atomic E-state index is -4.25. The zero-order valence-electron chi connectivity index (χ0n) is 16.1. The van der Waals surface area contributed by atoms with E-state index in [-0.39, 0.29) is 18.9 Å². The van der Waals surface area contributed by atoms with E-state index in [1.165, 1.54) is 0 Å². The lowest BCUT2D eigenvalue weighted by Gasteiger charge is -2.38. The molecule has 1 saturated heterocycles. The molecule has 2 unspecified atom stereocenters. The lowest BCUT2D eigenvalue weighted by atomic mass is 9.94. The highest BCUT2D eigenvalue weighted by Gasteiger charge is 2.44. The van der Waals surface area contributed by atoms with Crippen LogP contribution < -0.4 is 5.32 Å². The fourth-order valence-electron chi connectivity index (χ4n) is 3.74. The molecule has 28 heavy (non-hydrogen) atoms. The molecule has 2 atom stereocenters. The van der Waals surface area contributed by atoms with Crippen LogP contribution in [0.2, 0.25) is 0 Å². The van der Waals surface area contributed by atoms with Crippen molar-refractivity contribution < 1.29 is 18.0 Å². The Labute approximate surface area is 163 Å². The number of rotatable bonds is 4. The molecule has 6 heteroatoms. The molecule has 1 N–H and O–H groups in total. The third-order valence-electron chi connectivity index (χ3n) is 5.30. The Morgan fingerprint density at radius 2 is 1.86 bits per heavy atom. The maximum absolute atomic E-state index is 13.3. The fourth-order valence-corrected chi connectivity index (χ4v) is 3.74. The van der Waals surface area contributed by atoms with Crippen LogP contribution in [0.3, 0.4) is 0 Å². The highest BCUT2D eigenvalue weighted by atomic mass is 19.4. The van der Waals surface area contributed by atoms with Crippen LogP contribution in [0.25, 0.3) is 0 Å². The van der Waals surface area contributed by atoms with Gasteiger partial charge in [0, 0.05) is 12.2 Å². The molecule has 3 rings (SSSR count). The monoisotopic (exact) mass is 390 g/mol. The van der Waals surface area contributed by atoms with Crippen LogP contribution in [0, 0.1) is 19.8 Å². The van der Waals surface area contributed by atoms with Crippen molar-refractivity contribution in [1.29, 1.82) is 0 Å². The van der Waals surface area contributed by atoms with Gasteiger partial charge in [-0.15, -0.1) is 0 Å². The molecular weight excluding hydrogens is 365 g/mol. The first-order chi connectivity index (χ1) is 13.3. The molecular formula is C22H25F3N2O. The highest BCUT2D eigenvalue weighted by molar-refractivity contribution is 5.96. The SMILES string of the molecule is Cc1ccc(C)c(NC(=O)C(c2ccccc2)N2CCCC(C(F)(F)F)C2)c1. The van der Waals surface area contributed by atoms with Gasteiger partial charge >= 0.3 is 6.18 Å². The number of halogens is 3. The van der Waals surface area contributed by atoms with Crippen molar-refractivity contribution in [3.63, 3.8) is 0 Å². The molecule has 2 aromatic carbocycles. The number of anilines is 1. The van der Waals surface area contributed by atoms with Gasteiger partial charge in [-0.05, 0) is 56.0 Å². The van der Waals surface area contributed by atoms with Gasteiger partial charge in [-0.3, -0.25) is 9.69 Å². The van der Waals surface area contributed by atoms with Crippen molar-refractivity contribution in [2.75, 3.05) is 18.4 Å². The molecule has 2 aromatic rings. The number of likely N-dealkylation sites (tertiary alicyclic amines) is 1. The number of amides is 1. The van der Waals surface area contributed by atoms with Crippen LogP contribution in [-0.2, 0) is 4.79 Å². The van der Waals surface area contributed by atoms with Crippen molar-refractivity contribution in [3.05, 3.63) is 65.2 Å². The number of hydrogen-bond donors (Lipinski definition) is 1. The molecule has 3 nitrogen and oxygen atoms in total. The van der Waals surface area contributed by atoms with Crippen molar-refractivity contribution in [3.8, 4) is 0 Å². The topological polar surface area (TPSA) is 32.3 Å². The first kappa shape index (κ1) is 20.4. The first-order valence-electron chi connectivity index (χ1n) is 9.49. The van der Waals surface area contributed by atoms with Gasteiger partial charge in [0.25, 0.3) is 0 Å². The zero-order valence-corrected chi connectivity index (χ0v) is 16.1. The van der Waals surface area contributed by atoms with Crippen LogP contribution in [0.5, 0.6) is 0 Å². The van der Waals surface area contributed by atoms with E-state index in [0.29, 0.717) is 24.2 Å². The number of nitrogens with one attached hydrogen (secondary N) is 1. The summed E-state index contributed by atoms with van der Waals surface area (Å²) in [5.41, 5.74) is 3.31. The number of hydrogen-bond acceptors (Lipinski definition) is 2. The Bertz CT molecular complexity index is 820. The summed E-state index contributed by atoms with van der Waals surface area (Å²) in [7, 11) is 0. The fraction of sp³-hybridized carbons (Fsp3) is 0.409. The van der Waals surface area contributed by atoms with Gasteiger partial charge in [0.2, 0.25) is 5.91 Å². The highest BCUT2D eigenvalue weighted by Crippen LogP contribution is 2.36. The van der Waals surface area contributed by atoms with E-state index in [1.54, 1.807) is 29.2 Å². The van der Waals surface area contributed by atoms with E-state index in [2.05, 4.69) is 5.32 Å². The Kier molecular flexibility index (Phi) is 6.08. The van der Waals surface area contributed by atoms with Gasteiger partial charge in [-0.25, -0.2) is 0 Å². The third-order valence-corrected chi connectivity index (χ3v) is 5.30. The normalized spacial score (nSPS) is 19.2. The third kappa shape index (κ3) is 4.73. The summed E-state index contributed by atoms with van der Waals surface area (Å²) in [6.45, 7) is 4.13. The molecule has 1 heterocycles. The first-order valence-corrected chi connectivity index (χ1v) is 9.49. The second-order valence-electron chi connectivity index (χ2n) is 7.50. The molecule has 0 aliphatic carbocycles. The van der Waals surface area contributed by atoms with Crippen LogP contribution in [-0.4, -0.2) is 30.1 Å². The van der Waals surface area contributed by atoms with Crippen molar-refractivity contribution >= 4 is 11.6 Å². The molecule has 150 valence electrons. The second-order valence-corrected chi connectivity index (χ2v) is 7.50. The van der Waals surface area contributed by atoms with E-state index in [9.17, 15) is 18.0 Å². The number of benzene rings is 2. The maximum Gasteiger partial charge on any atom is 0.393 e. The summed E-state index contributed by atoms with van der Waals surface area (Å²) in [5, 5.41) is 2.94. The number of carbonyl (C=O) groups excluding carboxylic acids is 1. The molecule has 0 saturated carbocycles. The van der Waals surface area contributed by atoms with Gasteiger partial charge in [0.15, 0.2) is 0 Å². The van der Waals surface area contributed by atoms with E-state index in [4.69, 9.17) is 0 Å². The van der Waals surface area contributed by atoms with Gasteiger partial charge < -0.3 is 5.32 Å². The minimum absolute atomic E-state index is 0.111. The van der Waals surface area contributed by atoms with E-state index in [1.807, 2.05) is 38.1 Å². The largest absolute Gasteiger partial charge is 0.393 e. The number of alkyl halides is 3. The molecule has 1 fully saturated rings. The average molecular weight is 390 g/mol. The summed E-state index contributed by atoms with van der Waals surface area (Å²) >= 11 is 0. The van der Waals surface area contributed by atoms with Gasteiger partial charge in [0.1, 0.15) is 6.04 Å². The second kappa shape index (κ2) is 8.35. The smallest absolute Gasteiger partial charge is 0.324 e. The summed E-state index contributed by atoms with van der Waals surface area (Å²) in [4.78, 5) is 14.9. The van der Waals surface area contributed by atoms with Gasteiger partial charge in [-0.1, -0.05) is 42.5 Å². The van der Waals surface area contributed by atoms with Crippen molar-refractivity contribution in [1.82, 2.24) is 4.90 Å². The molecule has 0 aromatic heterocycles. The van der Waals surface area contributed by atoms with Crippen molar-refractivity contribution in [2.24, 2.45) is 5.92 Å². The lowest BCUT2D eigenvalue weighted by molar-refractivity contribution is -0.189. The quantitative estimate of drug-likeness (QED) is 0.773. The number of piperidine rings is 1. The van der Waals surface area contributed by atoms with E-state index >= 15 is 0 Å². The molecule has 1 aliphatic rings. The Morgan fingerprint density at radius 1 is 1.14 bits per heavy atom. The summed E-state index contributed by atoms with van der Waals surface area (Å²) < 4.78 is 39.9. The van der Waals surface area contributed by atoms with Gasteiger partial charge in [-0.2, -0.15) is 13.2 Å². The van der Waals surface area contributed by atoms with E-state index in [0.717, 1.165) is 11.1 Å². The molecule has 1 amide bonds.